The Bertz CT molecular complexity index is 975. The van der Waals surface area contributed by atoms with Crippen molar-refractivity contribution in [3.63, 3.8) is 0 Å². The van der Waals surface area contributed by atoms with Gasteiger partial charge in [0.1, 0.15) is 5.82 Å². The number of rotatable bonds is 4. The minimum absolute atomic E-state index is 0.102. The van der Waals surface area contributed by atoms with E-state index in [1.807, 2.05) is 24.4 Å². The second kappa shape index (κ2) is 7.59. The fraction of sp³-hybridized carbons (Fsp3) is 0.348. The van der Waals surface area contributed by atoms with Gasteiger partial charge in [-0.2, -0.15) is 0 Å². The third-order valence-electron chi connectivity index (χ3n) is 6.21. The maximum Gasteiger partial charge on any atom is 0.126 e. The summed E-state index contributed by atoms with van der Waals surface area (Å²) in [6.07, 6.45) is 4.15. The highest BCUT2D eigenvalue weighted by molar-refractivity contribution is 5.78. The summed E-state index contributed by atoms with van der Waals surface area (Å²) in [5.74, 6) is 0.0437. The van der Waals surface area contributed by atoms with E-state index >= 15 is 0 Å². The summed E-state index contributed by atoms with van der Waals surface area (Å²) in [6.45, 7) is 2.76. The SMILES string of the molecule is Fc1ccccc1C1CNNC1C1CCCN1Cc1ccc2ncccc2c1. The molecule has 2 aliphatic heterocycles. The number of fused-ring (bicyclic) bond motifs is 1. The van der Waals surface area contributed by atoms with Gasteiger partial charge in [-0.15, -0.1) is 0 Å². The molecule has 28 heavy (non-hydrogen) atoms. The van der Waals surface area contributed by atoms with Gasteiger partial charge in [-0.05, 0) is 54.8 Å². The Kier molecular flexibility index (Phi) is 4.81. The molecule has 3 aromatic rings. The predicted octanol–water partition coefficient (Wildman–Crippen LogP) is 3.60. The van der Waals surface area contributed by atoms with Crippen molar-refractivity contribution in [2.45, 2.75) is 37.4 Å². The Morgan fingerprint density at radius 3 is 2.96 bits per heavy atom. The Morgan fingerprint density at radius 2 is 2.04 bits per heavy atom. The molecule has 3 heterocycles. The highest BCUT2D eigenvalue weighted by Gasteiger charge is 2.40. The number of nitrogens with zero attached hydrogens (tertiary/aromatic N) is 2. The molecule has 0 radical (unpaired) electrons. The van der Waals surface area contributed by atoms with Gasteiger partial charge >= 0.3 is 0 Å². The van der Waals surface area contributed by atoms with Crippen LogP contribution in [0.5, 0.6) is 0 Å². The fourth-order valence-electron chi connectivity index (χ4n) is 4.87. The highest BCUT2D eigenvalue weighted by Crippen LogP contribution is 2.33. The zero-order valence-corrected chi connectivity index (χ0v) is 15.8. The molecule has 3 atom stereocenters. The van der Waals surface area contributed by atoms with Crippen LogP contribution in [0.1, 0.15) is 29.9 Å². The first-order chi connectivity index (χ1) is 13.8. The van der Waals surface area contributed by atoms with Crippen LogP contribution in [0.2, 0.25) is 0 Å². The summed E-state index contributed by atoms with van der Waals surface area (Å²) >= 11 is 0. The molecule has 2 aromatic carbocycles. The van der Waals surface area contributed by atoms with Crippen molar-refractivity contribution >= 4 is 10.9 Å². The first kappa shape index (κ1) is 17.7. The van der Waals surface area contributed by atoms with Crippen LogP contribution in [0, 0.1) is 5.82 Å². The maximum atomic E-state index is 14.4. The maximum absolute atomic E-state index is 14.4. The molecule has 5 heteroatoms. The normalized spacial score (nSPS) is 25.5. The summed E-state index contributed by atoms with van der Waals surface area (Å²) in [7, 11) is 0. The van der Waals surface area contributed by atoms with Gasteiger partial charge in [0.25, 0.3) is 0 Å². The molecule has 3 unspecified atom stereocenters. The van der Waals surface area contributed by atoms with Crippen LogP contribution in [0.25, 0.3) is 10.9 Å². The number of hydrazine groups is 1. The number of hydrogen-bond acceptors (Lipinski definition) is 4. The van der Waals surface area contributed by atoms with Crippen LogP contribution in [0.15, 0.2) is 60.8 Å². The summed E-state index contributed by atoms with van der Waals surface area (Å²) in [5, 5.41) is 1.18. The first-order valence-electron chi connectivity index (χ1n) is 10.1. The van der Waals surface area contributed by atoms with E-state index in [-0.39, 0.29) is 17.8 Å². The van der Waals surface area contributed by atoms with Crippen molar-refractivity contribution < 1.29 is 4.39 Å². The van der Waals surface area contributed by atoms with E-state index in [9.17, 15) is 4.39 Å². The van der Waals surface area contributed by atoms with Crippen molar-refractivity contribution in [1.29, 1.82) is 0 Å². The molecule has 2 saturated heterocycles. The van der Waals surface area contributed by atoms with Crippen molar-refractivity contribution in [2.24, 2.45) is 0 Å². The molecular formula is C23H25FN4. The van der Waals surface area contributed by atoms with E-state index < -0.39 is 0 Å². The van der Waals surface area contributed by atoms with Crippen LogP contribution in [0.3, 0.4) is 0 Å². The largest absolute Gasteiger partial charge is 0.295 e. The quantitative estimate of drug-likeness (QED) is 0.730. The lowest BCUT2D eigenvalue weighted by molar-refractivity contribution is 0.196. The monoisotopic (exact) mass is 376 g/mol. The van der Waals surface area contributed by atoms with Gasteiger partial charge in [0.2, 0.25) is 0 Å². The molecular weight excluding hydrogens is 351 g/mol. The van der Waals surface area contributed by atoms with Crippen LogP contribution in [-0.4, -0.2) is 35.1 Å². The Balaban J connectivity index is 1.37. The summed E-state index contributed by atoms with van der Waals surface area (Å²) in [6, 6.07) is 18.4. The molecule has 1 aromatic heterocycles. The van der Waals surface area contributed by atoms with Crippen LogP contribution in [-0.2, 0) is 6.54 Å². The van der Waals surface area contributed by atoms with Crippen LogP contribution >= 0.6 is 0 Å². The average Bonchev–Trinajstić information content (AvgIpc) is 3.37. The number of hydrogen-bond donors (Lipinski definition) is 2. The molecule has 5 rings (SSSR count). The van der Waals surface area contributed by atoms with E-state index in [4.69, 9.17) is 0 Å². The molecule has 2 fully saturated rings. The van der Waals surface area contributed by atoms with Crippen molar-refractivity contribution in [3.8, 4) is 0 Å². The Hall–Kier alpha value is -2.34. The molecule has 0 aliphatic carbocycles. The van der Waals surface area contributed by atoms with E-state index in [1.165, 1.54) is 17.4 Å². The lowest BCUT2D eigenvalue weighted by Crippen LogP contribution is -2.47. The summed E-state index contributed by atoms with van der Waals surface area (Å²) in [4.78, 5) is 6.97. The lowest BCUT2D eigenvalue weighted by atomic mass is 9.87. The minimum Gasteiger partial charge on any atom is -0.295 e. The Morgan fingerprint density at radius 1 is 1.11 bits per heavy atom. The van der Waals surface area contributed by atoms with E-state index in [1.54, 1.807) is 12.1 Å². The molecule has 4 nitrogen and oxygen atoms in total. The van der Waals surface area contributed by atoms with Gasteiger partial charge < -0.3 is 0 Å². The number of halogens is 1. The number of likely N-dealkylation sites (tertiary alicyclic amines) is 1. The van der Waals surface area contributed by atoms with Crippen molar-refractivity contribution in [2.75, 3.05) is 13.1 Å². The molecule has 2 aliphatic rings. The first-order valence-corrected chi connectivity index (χ1v) is 10.1. The summed E-state index contributed by atoms with van der Waals surface area (Å²) in [5.41, 5.74) is 9.89. The highest BCUT2D eigenvalue weighted by atomic mass is 19.1. The summed E-state index contributed by atoms with van der Waals surface area (Å²) < 4.78 is 14.4. The van der Waals surface area contributed by atoms with Gasteiger partial charge in [0.05, 0.1) is 5.52 Å². The fourth-order valence-corrected chi connectivity index (χ4v) is 4.87. The topological polar surface area (TPSA) is 40.2 Å². The zero-order chi connectivity index (χ0) is 18.9. The van der Waals surface area contributed by atoms with Crippen LogP contribution < -0.4 is 10.9 Å². The van der Waals surface area contributed by atoms with E-state index in [2.05, 4.69) is 45.0 Å². The average molecular weight is 376 g/mol. The van der Waals surface area contributed by atoms with Gasteiger partial charge in [-0.3, -0.25) is 20.7 Å². The molecule has 144 valence electrons. The van der Waals surface area contributed by atoms with E-state index in [0.717, 1.165) is 37.1 Å². The minimum atomic E-state index is -0.102. The van der Waals surface area contributed by atoms with Gasteiger partial charge in [-0.25, -0.2) is 4.39 Å². The molecule has 0 saturated carbocycles. The second-order valence-electron chi connectivity index (χ2n) is 7.89. The zero-order valence-electron chi connectivity index (χ0n) is 15.8. The standard InChI is InChI=1S/C23H25FN4/c24-20-7-2-1-6-18(20)19-14-26-27-23(19)22-8-4-12-28(22)15-16-9-10-21-17(13-16)5-3-11-25-21/h1-3,5-7,9-11,13,19,22-23,26-27H,4,8,12,14-15H2. The van der Waals surface area contributed by atoms with Crippen molar-refractivity contribution in [1.82, 2.24) is 20.7 Å². The van der Waals surface area contributed by atoms with Crippen LogP contribution in [0.4, 0.5) is 4.39 Å². The molecule has 2 N–H and O–H groups in total. The predicted molar refractivity (Wildman–Crippen MR) is 109 cm³/mol. The molecule has 0 amide bonds. The lowest BCUT2D eigenvalue weighted by Gasteiger charge is -2.32. The van der Waals surface area contributed by atoms with Gasteiger partial charge in [0, 0.05) is 42.7 Å². The molecule has 0 bridgehead atoms. The smallest absolute Gasteiger partial charge is 0.126 e. The number of aromatic nitrogens is 1. The number of benzene rings is 2. The van der Waals surface area contributed by atoms with Crippen molar-refractivity contribution in [3.05, 3.63) is 77.7 Å². The third kappa shape index (κ3) is 3.30. The second-order valence-corrected chi connectivity index (χ2v) is 7.89. The number of nitrogens with one attached hydrogen (secondary N) is 2. The van der Waals surface area contributed by atoms with Gasteiger partial charge in [0.15, 0.2) is 0 Å². The molecule has 0 spiro atoms. The number of pyridine rings is 1. The third-order valence-corrected chi connectivity index (χ3v) is 6.21. The van der Waals surface area contributed by atoms with Gasteiger partial charge in [-0.1, -0.05) is 30.3 Å². The Labute approximate surface area is 164 Å². The van der Waals surface area contributed by atoms with E-state index in [0.29, 0.717) is 6.04 Å².